The van der Waals surface area contributed by atoms with Gasteiger partial charge in [-0.25, -0.2) is 19.5 Å². The van der Waals surface area contributed by atoms with Gasteiger partial charge in [-0.05, 0) is 42.2 Å². The predicted octanol–water partition coefficient (Wildman–Crippen LogP) is 6.24. The number of ether oxygens (including phenoxy) is 2. The summed E-state index contributed by atoms with van der Waals surface area (Å²) in [5.74, 6) is -1.24. The molecule has 0 saturated carbocycles. The second kappa shape index (κ2) is 16.7. The number of rotatable bonds is 16. The van der Waals surface area contributed by atoms with Crippen molar-refractivity contribution in [3.05, 3.63) is 12.7 Å². The molecule has 0 spiro atoms. The van der Waals surface area contributed by atoms with Crippen LogP contribution < -0.4 is 10.8 Å². The molecule has 2 aromatic heterocycles. The van der Waals surface area contributed by atoms with E-state index in [4.69, 9.17) is 33.1 Å². The molecule has 0 bridgehead atoms. The van der Waals surface area contributed by atoms with E-state index in [0.717, 1.165) is 0 Å². The smallest absolute Gasteiger partial charge is 0.435 e. The van der Waals surface area contributed by atoms with Crippen LogP contribution in [0.3, 0.4) is 0 Å². The summed E-state index contributed by atoms with van der Waals surface area (Å²) in [6.07, 6.45) is -1.52. The Bertz CT molecular complexity index is 1650. The maximum Gasteiger partial charge on any atom is 0.435 e. The van der Waals surface area contributed by atoms with Crippen molar-refractivity contribution < 1.29 is 41.5 Å². The maximum absolute atomic E-state index is 14.4. The first kappa shape index (κ1) is 43.6. The third kappa shape index (κ3) is 10.7. The predicted molar refractivity (Wildman–Crippen MR) is 201 cm³/mol. The van der Waals surface area contributed by atoms with Gasteiger partial charge in [-0.3, -0.25) is 28.3 Å². The van der Waals surface area contributed by atoms with E-state index in [9.17, 15) is 19.4 Å². The number of nitrogens with one attached hydrogen (secondary N) is 1. The molecule has 0 aliphatic carbocycles. The summed E-state index contributed by atoms with van der Waals surface area (Å²) in [5.41, 5.74) is 6.68. The zero-order chi connectivity index (χ0) is 39.4. The minimum absolute atomic E-state index is 0.106. The van der Waals surface area contributed by atoms with Gasteiger partial charge in [0.1, 0.15) is 17.9 Å². The third-order valence-corrected chi connectivity index (χ3v) is 20.4. The Hall–Kier alpha value is -2.76. The van der Waals surface area contributed by atoms with Gasteiger partial charge >= 0.3 is 13.7 Å². The summed E-state index contributed by atoms with van der Waals surface area (Å²) >= 11 is 0. The highest BCUT2D eigenvalue weighted by Gasteiger charge is 2.49. The van der Waals surface area contributed by atoms with Gasteiger partial charge in [0.15, 0.2) is 40.4 Å². The first-order valence-corrected chi connectivity index (χ1v) is 24.9. The van der Waals surface area contributed by atoms with E-state index in [2.05, 4.69) is 74.7 Å². The van der Waals surface area contributed by atoms with Crippen LogP contribution in [0.15, 0.2) is 12.7 Å². The highest BCUT2D eigenvalue weighted by Crippen LogP contribution is 2.47. The van der Waals surface area contributed by atoms with Gasteiger partial charge in [-0.15, -0.1) is 0 Å². The maximum atomic E-state index is 14.4. The molecule has 6 atom stereocenters. The molecule has 3 heterocycles. The average molecular weight is 784 g/mol. The average Bonchev–Trinajstić information content (AvgIpc) is 3.61. The number of nitriles is 1. The van der Waals surface area contributed by atoms with E-state index in [1.807, 2.05) is 33.0 Å². The lowest BCUT2D eigenvalue weighted by atomic mass is 10.0. The lowest BCUT2D eigenvalue weighted by Crippen LogP contribution is -2.57. The monoisotopic (exact) mass is 783 g/mol. The molecular weight excluding hydrogens is 726 g/mol. The quantitative estimate of drug-likeness (QED) is 0.0836. The SMILES string of the molecule is CC(=O)O[C@H]1C[C@@H](COP(=O)(NC(=O)[C@@H](O[Si](C)(C)C(C)(C)C)[C@H](O[Si](C)(C)C(C)(C)C)C(C)C)OCCC#N)O[C@H]1n1cnc2c(N)ncnc21. The second-order valence-electron chi connectivity index (χ2n) is 16.5. The third-order valence-electron chi connectivity index (χ3n) is 9.95. The molecular formula is C33H58N7O9PSi2. The standard InChI is InChI=1S/C33H58N7O9PSi2/c1-21(2)26(48-51(10,11)32(4,5)6)27(49-52(12,13)33(7,8)9)30(42)39-50(43,44-16-14-15-34)45-18-23-17-24(46-22(3)41)31(47-23)40-20-38-25-28(35)36-19-37-29(25)40/h19-21,23-24,26-27,31H,14,16-18H2,1-13H3,(H2,35,36,37)(H,39,42,43)/t23-,24-,26+,27-,31+,50?/m0/s1. The Labute approximate surface area is 309 Å². The minimum Gasteiger partial charge on any atom is -0.458 e. The van der Waals surface area contributed by atoms with E-state index in [0.29, 0.717) is 11.2 Å². The van der Waals surface area contributed by atoms with E-state index >= 15 is 0 Å². The molecule has 2 aromatic rings. The number of anilines is 1. The Morgan fingerprint density at radius 1 is 1.08 bits per heavy atom. The van der Waals surface area contributed by atoms with Gasteiger partial charge in [0.05, 0.1) is 44.2 Å². The van der Waals surface area contributed by atoms with E-state index in [-0.39, 0.29) is 47.9 Å². The van der Waals surface area contributed by atoms with Crippen LogP contribution in [-0.4, -0.2) is 85.7 Å². The molecule has 1 saturated heterocycles. The van der Waals surface area contributed by atoms with Crippen LogP contribution in [0.2, 0.25) is 36.3 Å². The van der Waals surface area contributed by atoms with Crippen molar-refractivity contribution in [1.29, 1.82) is 5.26 Å². The van der Waals surface area contributed by atoms with E-state index in [1.54, 1.807) is 4.57 Å². The van der Waals surface area contributed by atoms with Crippen molar-refractivity contribution in [2.75, 3.05) is 18.9 Å². The number of hydrogen-bond acceptors (Lipinski definition) is 14. The summed E-state index contributed by atoms with van der Waals surface area (Å²) < 4.78 is 52.9. The molecule has 3 rings (SSSR count). The minimum atomic E-state index is -4.45. The number of nitrogens with two attached hydrogens (primary N) is 1. The fourth-order valence-electron chi connectivity index (χ4n) is 4.97. The molecule has 19 heteroatoms. The highest BCUT2D eigenvalue weighted by atomic mass is 31.2. The number of fused-ring (bicyclic) bond motifs is 1. The van der Waals surface area contributed by atoms with Crippen LogP contribution in [0, 0.1) is 17.2 Å². The van der Waals surface area contributed by atoms with Crippen LogP contribution in [0.25, 0.3) is 11.2 Å². The van der Waals surface area contributed by atoms with Crippen LogP contribution >= 0.6 is 7.75 Å². The molecule has 1 aliphatic rings. The first-order valence-electron chi connectivity index (χ1n) is 17.5. The van der Waals surface area contributed by atoms with Crippen molar-refractivity contribution in [3.8, 4) is 6.07 Å². The first-order chi connectivity index (χ1) is 23.8. The van der Waals surface area contributed by atoms with Gasteiger partial charge in [0.2, 0.25) is 0 Å². The van der Waals surface area contributed by atoms with Gasteiger partial charge in [-0.2, -0.15) is 5.26 Å². The zero-order valence-corrected chi connectivity index (χ0v) is 35.8. The summed E-state index contributed by atoms with van der Waals surface area (Å²) in [4.78, 5) is 39.0. The van der Waals surface area contributed by atoms with Crippen molar-refractivity contribution in [2.45, 2.75) is 142 Å². The normalized spacial score (nSPS) is 21.1. The number of carbonyl (C=O) groups excluding carboxylic acids is 2. The number of imidazole rings is 1. The molecule has 1 unspecified atom stereocenters. The molecule has 52 heavy (non-hydrogen) atoms. The number of amides is 1. The van der Waals surface area contributed by atoms with Crippen molar-refractivity contribution >= 4 is 53.2 Å². The molecule has 3 N–H and O–H groups in total. The Kier molecular flexibility index (Phi) is 14.0. The van der Waals surface area contributed by atoms with Crippen LogP contribution in [0.4, 0.5) is 5.82 Å². The summed E-state index contributed by atoms with van der Waals surface area (Å²) in [6, 6.07) is 1.95. The van der Waals surface area contributed by atoms with Crippen LogP contribution in [-0.2, 0) is 41.5 Å². The molecule has 1 amide bonds. The fraction of sp³-hybridized carbons (Fsp3) is 0.758. The molecule has 16 nitrogen and oxygen atoms in total. The van der Waals surface area contributed by atoms with Gasteiger partial charge < -0.3 is 24.1 Å². The van der Waals surface area contributed by atoms with Crippen molar-refractivity contribution in [2.24, 2.45) is 5.92 Å². The van der Waals surface area contributed by atoms with Gasteiger partial charge in [0, 0.05) is 13.3 Å². The van der Waals surface area contributed by atoms with Crippen molar-refractivity contribution in [3.63, 3.8) is 0 Å². The van der Waals surface area contributed by atoms with Gasteiger partial charge in [-0.1, -0.05) is 55.4 Å². The molecule has 1 aliphatic heterocycles. The van der Waals surface area contributed by atoms with Crippen LogP contribution in [0.5, 0.6) is 0 Å². The van der Waals surface area contributed by atoms with E-state index < -0.39 is 66.9 Å². The Morgan fingerprint density at radius 3 is 2.25 bits per heavy atom. The number of esters is 1. The van der Waals surface area contributed by atoms with Crippen molar-refractivity contribution in [1.82, 2.24) is 24.6 Å². The summed E-state index contributed by atoms with van der Waals surface area (Å²) in [7, 11) is -9.49. The largest absolute Gasteiger partial charge is 0.458 e. The summed E-state index contributed by atoms with van der Waals surface area (Å²) in [5, 5.41) is 11.3. The number of carbonyl (C=O) groups is 2. The number of hydrogen-bond donors (Lipinski definition) is 2. The molecule has 1 fully saturated rings. The van der Waals surface area contributed by atoms with Crippen LogP contribution in [0.1, 0.15) is 81.4 Å². The lowest BCUT2D eigenvalue weighted by Gasteiger charge is -2.45. The number of nitrogens with zero attached hydrogens (tertiary/aromatic N) is 5. The summed E-state index contributed by atoms with van der Waals surface area (Å²) in [6.45, 7) is 25.4. The second-order valence-corrected chi connectivity index (χ2v) is 27.8. The molecule has 292 valence electrons. The lowest BCUT2D eigenvalue weighted by molar-refractivity contribution is -0.152. The van der Waals surface area contributed by atoms with E-state index in [1.165, 1.54) is 19.6 Å². The number of nitrogen functional groups attached to an aromatic ring is 1. The highest BCUT2D eigenvalue weighted by molar-refractivity contribution is 7.52. The topological polar surface area (TPSA) is 212 Å². The zero-order valence-electron chi connectivity index (χ0n) is 32.9. The number of aromatic nitrogens is 4. The Balaban J connectivity index is 1.94. The molecule has 0 aromatic carbocycles. The Morgan fingerprint density at radius 2 is 1.69 bits per heavy atom. The van der Waals surface area contributed by atoms with Gasteiger partial charge in [0.25, 0.3) is 5.91 Å². The fourth-order valence-corrected chi connectivity index (χ4v) is 8.92. The molecule has 0 radical (unpaired) electrons.